The van der Waals surface area contributed by atoms with E-state index >= 15 is 0 Å². The lowest BCUT2D eigenvalue weighted by atomic mass is 9.98. The van der Waals surface area contributed by atoms with E-state index in [1.165, 1.54) is 12.1 Å². The highest BCUT2D eigenvalue weighted by molar-refractivity contribution is 6.10. The molecule has 1 aliphatic rings. The van der Waals surface area contributed by atoms with Gasteiger partial charge in [0.05, 0.1) is 12.2 Å². The fourth-order valence-corrected chi connectivity index (χ4v) is 4.81. The second kappa shape index (κ2) is 13.1. The Labute approximate surface area is 240 Å². The van der Waals surface area contributed by atoms with Crippen molar-refractivity contribution in [1.29, 1.82) is 0 Å². The van der Waals surface area contributed by atoms with Crippen molar-refractivity contribution in [1.82, 2.24) is 15.2 Å². The molecule has 2 aromatic carbocycles. The summed E-state index contributed by atoms with van der Waals surface area (Å²) in [6.45, 7) is 8.89. The first kappa shape index (κ1) is 30.0. The maximum atomic E-state index is 13.6. The van der Waals surface area contributed by atoms with Crippen molar-refractivity contribution in [3.63, 3.8) is 0 Å². The van der Waals surface area contributed by atoms with E-state index < -0.39 is 5.60 Å². The smallest absolute Gasteiger partial charge is 0.410 e. The zero-order valence-corrected chi connectivity index (χ0v) is 24.2. The molecule has 1 N–H and O–H groups in total. The fourth-order valence-electron chi connectivity index (χ4n) is 4.81. The van der Waals surface area contributed by atoms with Crippen molar-refractivity contribution in [2.24, 2.45) is 0 Å². The Bertz CT molecular complexity index is 1390. The molecule has 4 rings (SSSR count). The van der Waals surface area contributed by atoms with Crippen molar-refractivity contribution in [3.8, 4) is 5.75 Å². The number of pyridine rings is 1. The van der Waals surface area contributed by atoms with Gasteiger partial charge in [-0.3, -0.25) is 14.6 Å². The zero-order valence-electron chi connectivity index (χ0n) is 24.2. The Balaban J connectivity index is 1.60. The van der Waals surface area contributed by atoms with E-state index in [0.717, 1.165) is 24.0 Å². The fraction of sp³-hybridized carbons (Fsp3) is 0.438. The number of carbonyl (C=O) groups excluding carboxylic acids is 3. The molecule has 1 fully saturated rings. The second-order valence-electron chi connectivity index (χ2n) is 11.4. The van der Waals surface area contributed by atoms with Crippen molar-refractivity contribution >= 4 is 29.2 Å². The quantitative estimate of drug-likeness (QED) is 0.250. The molecule has 0 spiro atoms. The predicted molar refractivity (Wildman–Crippen MR) is 155 cm³/mol. The Morgan fingerprint density at radius 1 is 1.12 bits per heavy atom. The number of unbranched alkanes of at least 4 members (excludes halogenated alkanes) is 1. The van der Waals surface area contributed by atoms with Gasteiger partial charge >= 0.3 is 6.09 Å². The Kier molecular flexibility index (Phi) is 9.57. The number of amides is 2. The number of nitrogens with zero attached hydrogens (tertiary/aromatic N) is 2. The molecule has 0 radical (unpaired) electrons. The van der Waals surface area contributed by atoms with Crippen LogP contribution in [0.5, 0.6) is 5.75 Å². The van der Waals surface area contributed by atoms with Gasteiger partial charge < -0.3 is 19.7 Å². The van der Waals surface area contributed by atoms with Crippen molar-refractivity contribution in [2.75, 3.05) is 19.7 Å². The molecule has 1 aromatic heterocycles. The lowest BCUT2D eigenvalue weighted by molar-refractivity contribution is 0.0199. The van der Waals surface area contributed by atoms with E-state index in [0.29, 0.717) is 67.5 Å². The molecule has 0 bridgehead atoms. The number of halogens is 1. The van der Waals surface area contributed by atoms with Gasteiger partial charge in [0.15, 0.2) is 12.0 Å². The molecule has 2 heterocycles. The average Bonchev–Trinajstić information content (AvgIpc) is 2.93. The van der Waals surface area contributed by atoms with Crippen LogP contribution in [0, 0.1) is 5.82 Å². The largest absolute Gasteiger partial charge is 0.491 e. The minimum absolute atomic E-state index is 0.147. The predicted octanol–water partition coefficient (Wildman–Crippen LogP) is 6.09. The van der Waals surface area contributed by atoms with E-state index in [1.54, 1.807) is 29.3 Å². The van der Waals surface area contributed by atoms with E-state index in [9.17, 15) is 18.8 Å². The van der Waals surface area contributed by atoms with Crippen LogP contribution in [0.3, 0.4) is 0 Å². The van der Waals surface area contributed by atoms with Crippen LogP contribution >= 0.6 is 0 Å². The summed E-state index contributed by atoms with van der Waals surface area (Å²) >= 11 is 0. The van der Waals surface area contributed by atoms with Crippen LogP contribution in [-0.2, 0) is 11.2 Å². The van der Waals surface area contributed by atoms with E-state index in [2.05, 4.69) is 10.3 Å². The monoisotopic (exact) mass is 563 g/mol. The minimum atomic E-state index is -0.574. The highest BCUT2D eigenvalue weighted by Crippen LogP contribution is 2.32. The lowest BCUT2D eigenvalue weighted by Crippen LogP contribution is -2.47. The van der Waals surface area contributed by atoms with Gasteiger partial charge in [0.2, 0.25) is 0 Å². The van der Waals surface area contributed by atoms with Gasteiger partial charge in [0.1, 0.15) is 16.9 Å². The summed E-state index contributed by atoms with van der Waals surface area (Å²) < 4.78 is 24.9. The van der Waals surface area contributed by atoms with E-state index in [4.69, 9.17) is 9.47 Å². The maximum Gasteiger partial charge on any atom is 0.410 e. The van der Waals surface area contributed by atoms with Crippen LogP contribution < -0.4 is 10.1 Å². The van der Waals surface area contributed by atoms with Gasteiger partial charge in [0, 0.05) is 36.3 Å². The number of piperidine rings is 1. The summed E-state index contributed by atoms with van der Waals surface area (Å²) in [5.74, 6) is -0.273. The number of benzene rings is 2. The van der Waals surface area contributed by atoms with Gasteiger partial charge in [0.25, 0.3) is 5.91 Å². The molecule has 218 valence electrons. The number of hydrogen-bond donors (Lipinski definition) is 1. The van der Waals surface area contributed by atoms with Crippen LogP contribution in [0.4, 0.5) is 9.18 Å². The molecule has 41 heavy (non-hydrogen) atoms. The first-order chi connectivity index (χ1) is 19.6. The molecular formula is C32H38FN3O5. The maximum absolute atomic E-state index is 13.6. The molecule has 0 atom stereocenters. The van der Waals surface area contributed by atoms with Crippen LogP contribution in [0.2, 0.25) is 0 Å². The summed E-state index contributed by atoms with van der Waals surface area (Å²) in [5.41, 5.74) is 2.19. The topological polar surface area (TPSA) is 97.8 Å². The first-order valence-electron chi connectivity index (χ1n) is 14.1. The number of likely N-dealkylation sites (tertiary alicyclic amines) is 1. The molecule has 1 aliphatic heterocycles. The molecular weight excluding hydrogens is 525 g/mol. The zero-order chi connectivity index (χ0) is 29.6. The van der Waals surface area contributed by atoms with Crippen LogP contribution in [0.1, 0.15) is 85.2 Å². The second-order valence-corrected chi connectivity index (χ2v) is 11.4. The summed E-state index contributed by atoms with van der Waals surface area (Å²) in [6.07, 6.45) is 5.41. The summed E-state index contributed by atoms with van der Waals surface area (Å²) in [6, 6.07) is 9.54. The van der Waals surface area contributed by atoms with Crippen molar-refractivity contribution in [3.05, 3.63) is 70.7 Å². The van der Waals surface area contributed by atoms with Crippen LogP contribution in [0.25, 0.3) is 10.9 Å². The van der Waals surface area contributed by atoms with E-state index in [1.807, 2.05) is 33.8 Å². The lowest BCUT2D eigenvalue weighted by Gasteiger charge is -2.33. The molecule has 8 nitrogen and oxygen atoms in total. The van der Waals surface area contributed by atoms with Crippen molar-refractivity contribution in [2.45, 2.75) is 71.4 Å². The number of fused-ring (bicyclic) bond motifs is 1. The Hall–Kier alpha value is -4.01. The van der Waals surface area contributed by atoms with E-state index in [-0.39, 0.29) is 29.4 Å². The molecule has 0 aliphatic carbocycles. The standard InChI is InChI=1S/C32H38FN3O5/c1-5-6-15-40-29-23(20-37)18-27(26-17-22(19-34-28(26)29)16-21-7-9-24(33)10-8-21)30(38)35-25-11-13-36(14-12-25)31(39)41-32(2,3)4/h7-10,17-20,25H,5-6,11-16H2,1-4H3,(H,35,38). The number of aromatic nitrogens is 1. The van der Waals surface area contributed by atoms with Crippen LogP contribution in [0.15, 0.2) is 42.6 Å². The van der Waals surface area contributed by atoms with Gasteiger partial charge in [-0.2, -0.15) is 0 Å². The number of ether oxygens (including phenoxy) is 2. The Morgan fingerprint density at radius 3 is 2.46 bits per heavy atom. The molecule has 0 unspecified atom stereocenters. The SMILES string of the molecule is CCCCOc1c(C=O)cc(C(=O)NC2CCN(C(=O)OC(C)(C)C)CC2)c2cc(Cc3ccc(F)cc3)cnc12. The molecule has 2 amide bonds. The minimum Gasteiger partial charge on any atom is -0.491 e. The summed E-state index contributed by atoms with van der Waals surface area (Å²) in [5, 5.41) is 3.66. The van der Waals surface area contributed by atoms with Gasteiger partial charge in [-0.15, -0.1) is 0 Å². The van der Waals surface area contributed by atoms with Gasteiger partial charge in [-0.1, -0.05) is 25.5 Å². The molecule has 3 aromatic rings. The third-order valence-electron chi connectivity index (χ3n) is 6.93. The molecule has 9 heteroatoms. The number of nitrogens with one attached hydrogen (secondary N) is 1. The molecule has 0 saturated carbocycles. The summed E-state index contributed by atoms with van der Waals surface area (Å²) in [4.78, 5) is 44.4. The molecule has 1 saturated heterocycles. The van der Waals surface area contributed by atoms with Crippen LogP contribution in [-0.4, -0.2) is 59.5 Å². The van der Waals surface area contributed by atoms with Crippen molar-refractivity contribution < 1.29 is 28.2 Å². The Morgan fingerprint density at radius 2 is 1.83 bits per heavy atom. The third-order valence-corrected chi connectivity index (χ3v) is 6.93. The average molecular weight is 564 g/mol. The number of aldehydes is 1. The number of hydrogen-bond acceptors (Lipinski definition) is 6. The third kappa shape index (κ3) is 7.80. The highest BCUT2D eigenvalue weighted by atomic mass is 19.1. The number of rotatable bonds is 9. The highest BCUT2D eigenvalue weighted by Gasteiger charge is 2.28. The summed E-state index contributed by atoms with van der Waals surface area (Å²) in [7, 11) is 0. The van der Waals surface area contributed by atoms with Gasteiger partial charge in [-0.25, -0.2) is 9.18 Å². The first-order valence-corrected chi connectivity index (χ1v) is 14.1. The normalized spacial score (nSPS) is 14.1. The number of carbonyl (C=O) groups is 3. The van der Waals surface area contributed by atoms with Gasteiger partial charge in [-0.05, 0) is 81.8 Å².